The van der Waals surface area contributed by atoms with Crippen molar-refractivity contribution in [1.29, 1.82) is 0 Å². The predicted molar refractivity (Wildman–Crippen MR) is 58.4 cm³/mol. The Morgan fingerprint density at radius 1 is 1.40 bits per heavy atom. The van der Waals surface area contributed by atoms with Crippen molar-refractivity contribution in [2.45, 2.75) is 31.5 Å². The Kier molecular flexibility index (Phi) is 3.26. The van der Waals surface area contributed by atoms with Crippen LogP contribution in [0.25, 0.3) is 0 Å². The van der Waals surface area contributed by atoms with Crippen LogP contribution in [0.15, 0.2) is 22.7 Å². The van der Waals surface area contributed by atoms with Gasteiger partial charge in [0, 0.05) is 4.47 Å². The minimum absolute atomic E-state index is 0.204. The predicted octanol–water partition coefficient (Wildman–Crippen LogP) is 2.88. The molecule has 1 fully saturated rings. The molecule has 0 bridgehead atoms. The molecule has 0 radical (unpaired) electrons. The van der Waals surface area contributed by atoms with E-state index >= 15 is 0 Å². The van der Waals surface area contributed by atoms with Gasteiger partial charge in [-0.15, -0.1) is 0 Å². The van der Waals surface area contributed by atoms with Gasteiger partial charge in [-0.05, 0) is 37.5 Å². The first kappa shape index (κ1) is 10.9. The zero-order valence-corrected chi connectivity index (χ0v) is 9.71. The molecule has 1 aliphatic rings. The fourth-order valence-electron chi connectivity index (χ4n) is 1.77. The number of rotatable bonds is 2. The summed E-state index contributed by atoms with van der Waals surface area (Å²) in [5, 5.41) is 9.55. The number of ether oxygens (including phenoxy) is 1. The van der Waals surface area contributed by atoms with Gasteiger partial charge in [-0.1, -0.05) is 15.9 Å². The molecule has 2 unspecified atom stereocenters. The largest absolute Gasteiger partial charge is 0.485 e. The molecular weight excluding hydrogens is 263 g/mol. The van der Waals surface area contributed by atoms with Crippen molar-refractivity contribution in [1.82, 2.24) is 0 Å². The van der Waals surface area contributed by atoms with Crippen molar-refractivity contribution in [3.63, 3.8) is 0 Å². The lowest BCUT2D eigenvalue weighted by Gasteiger charge is -2.17. The molecule has 15 heavy (non-hydrogen) atoms. The number of halogens is 2. The van der Waals surface area contributed by atoms with Gasteiger partial charge in [0.2, 0.25) is 0 Å². The van der Waals surface area contributed by atoms with Crippen LogP contribution in [0, 0.1) is 5.82 Å². The minimum Gasteiger partial charge on any atom is -0.485 e. The number of hydrogen-bond acceptors (Lipinski definition) is 2. The van der Waals surface area contributed by atoms with E-state index in [0.29, 0.717) is 0 Å². The quantitative estimate of drug-likeness (QED) is 0.899. The van der Waals surface area contributed by atoms with E-state index in [0.717, 1.165) is 23.7 Å². The van der Waals surface area contributed by atoms with Crippen molar-refractivity contribution in [3.05, 3.63) is 28.5 Å². The van der Waals surface area contributed by atoms with Gasteiger partial charge in [0.05, 0.1) is 6.10 Å². The summed E-state index contributed by atoms with van der Waals surface area (Å²) < 4.78 is 19.5. The molecule has 2 atom stereocenters. The van der Waals surface area contributed by atoms with E-state index in [1.54, 1.807) is 12.1 Å². The number of benzene rings is 1. The molecular formula is C11H12BrFO2. The lowest BCUT2D eigenvalue weighted by molar-refractivity contribution is 0.0578. The van der Waals surface area contributed by atoms with E-state index in [2.05, 4.69) is 15.9 Å². The van der Waals surface area contributed by atoms with Crippen molar-refractivity contribution in [3.8, 4) is 5.75 Å². The maximum atomic E-state index is 13.3. The smallest absolute Gasteiger partial charge is 0.165 e. The standard InChI is InChI=1S/C11H12BrFO2/c12-7-4-5-8(13)11(6-7)15-10-3-1-2-9(10)14/h4-6,9-10,14H,1-3H2. The average molecular weight is 275 g/mol. The highest BCUT2D eigenvalue weighted by Gasteiger charge is 2.27. The Morgan fingerprint density at radius 3 is 2.87 bits per heavy atom. The van der Waals surface area contributed by atoms with E-state index in [4.69, 9.17) is 4.74 Å². The van der Waals surface area contributed by atoms with Crippen molar-refractivity contribution >= 4 is 15.9 Å². The third kappa shape index (κ3) is 2.49. The SMILES string of the molecule is OC1CCCC1Oc1cc(Br)ccc1F. The van der Waals surface area contributed by atoms with Crippen LogP contribution in [-0.2, 0) is 0 Å². The Hall–Kier alpha value is -0.610. The summed E-state index contributed by atoms with van der Waals surface area (Å²) in [4.78, 5) is 0. The molecule has 4 heteroatoms. The first-order valence-electron chi connectivity index (χ1n) is 4.96. The van der Waals surface area contributed by atoms with Crippen LogP contribution in [0.4, 0.5) is 4.39 Å². The molecule has 1 aromatic carbocycles. The molecule has 0 saturated heterocycles. The van der Waals surface area contributed by atoms with Gasteiger partial charge in [-0.3, -0.25) is 0 Å². The summed E-state index contributed by atoms with van der Waals surface area (Å²) in [6.45, 7) is 0. The van der Waals surface area contributed by atoms with E-state index in [9.17, 15) is 9.50 Å². The summed E-state index contributed by atoms with van der Waals surface area (Å²) in [5.41, 5.74) is 0. The molecule has 2 rings (SSSR count). The van der Waals surface area contributed by atoms with E-state index in [1.807, 2.05) is 0 Å². The maximum absolute atomic E-state index is 13.3. The van der Waals surface area contributed by atoms with E-state index < -0.39 is 11.9 Å². The summed E-state index contributed by atoms with van der Waals surface area (Å²) in [6, 6.07) is 4.55. The molecule has 82 valence electrons. The van der Waals surface area contributed by atoms with Crippen LogP contribution in [0.3, 0.4) is 0 Å². The highest BCUT2D eigenvalue weighted by Crippen LogP contribution is 2.28. The normalized spacial score (nSPS) is 25.5. The maximum Gasteiger partial charge on any atom is 0.165 e. The Balaban J connectivity index is 2.12. The molecule has 0 aliphatic heterocycles. The third-order valence-electron chi connectivity index (χ3n) is 2.59. The zero-order valence-electron chi connectivity index (χ0n) is 8.12. The highest BCUT2D eigenvalue weighted by molar-refractivity contribution is 9.10. The molecule has 1 aromatic rings. The monoisotopic (exact) mass is 274 g/mol. The molecule has 0 spiro atoms. The van der Waals surface area contributed by atoms with Crippen LogP contribution < -0.4 is 4.74 Å². The van der Waals surface area contributed by atoms with E-state index in [1.165, 1.54) is 6.07 Å². The van der Waals surface area contributed by atoms with Crippen LogP contribution in [-0.4, -0.2) is 17.3 Å². The van der Waals surface area contributed by atoms with Gasteiger partial charge in [0.1, 0.15) is 6.10 Å². The number of hydrogen-bond donors (Lipinski definition) is 1. The second kappa shape index (κ2) is 4.49. The fourth-order valence-corrected chi connectivity index (χ4v) is 2.11. The fraction of sp³-hybridized carbons (Fsp3) is 0.455. The van der Waals surface area contributed by atoms with Crippen molar-refractivity contribution < 1.29 is 14.2 Å². The number of aliphatic hydroxyl groups is 1. The highest BCUT2D eigenvalue weighted by atomic mass is 79.9. The van der Waals surface area contributed by atoms with Crippen LogP contribution in [0.1, 0.15) is 19.3 Å². The molecule has 0 heterocycles. The Bertz CT molecular complexity index is 356. The third-order valence-corrected chi connectivity index (χ3v) is 3.08. The minimum atomic E-state index is -0.469. The number of aliphatic hydroxyl groups excluding tert-OH is 1. The van der Waals surface area contributed by atoms with Crippen LogP contribution >= 0.6 is 15.9 Å². The molecule has 1 N–H and O–H groups in total. The van der Waals surface area contributed by atoms with Gasteiger partial charge in [-0.2, -0.15) is 0 Å². The average Bonchev–Trinajstić information content (AvgIpc) is 2.58. The molecule has 2 nitrogen and oxygen atoms in total. The Labute approximate surface area is 96.2 Å². The Morgan fingerprint density at radius 2 is 2.20 bits per heavy atom. The molecule has 0 amide bonds. The van der Waals surface area contributed by atoms with Crippen LogP contribution in [0.5, 0.6) is 5.75 Å². The van der Waals surface area contributed by atoms with Gasteiger partial charge in [-0.25, -0.2) is 4.39 Å². The second-order valence-corrected chi connectivity index (χ2v) is 4.64. The topological polar surface area (TPSA) is 29.5 Å². The summed E-state index contributed by atoms with van der Waals surface area (Å²) in [5.74, 6) is -0.187. The first-order valence-corrected chi connectivity index (χ1v) is 5.76. The molecule has 1 saturated carbocycles. The summed E-state index contributed by atoms with van der Waals surface area (Å²) in [6.07, 6.45) is 1.71. The summed E-state index contributed by atoms with van der Waals surface area (Å²) >= 11 is 3.25. The van der Waals surface area contributed by atoms with E-state index in [-0.39, 0.29) is 11.9 Å². The lowest BCUT2D eigenvalue weighted by atomic mass is 10.2. The first-order chi connectivity index (χ1) is 7.16. The van der Waals surface area contributed by atoms with Gasteiger partial charge < -0.3 is 9.84 Å². The zero-order chi connectivity index (χ0) is 10.8. The van der Waals surface area contributed by atoms with Gasteiger partial charge >= 0.3 is 0 Å². The molecule has 0 aromatic heterocycles. The summed E-state index contributed by atoms with van der Waals surface area (Å²) in [7, 11) is 0. The second-order valence-electron chi connectivity index (χ2n) is 3.73. The van der Waals surface area contributed by atoms with Gasteiger partial charge in [0.15, 0.2) is 11.6 Å². The van der Waals surface area contributed by atoms with Crippen molar-refractivity contribution in [2.24, 2.45) is 0 Å². The van der Waals surface area contributed by atoms with Crippen molar-refractivity contribution in [2.75, 3.05) is 0 Å². The van der Waals surface area contributed by atoms with Crippen LogP contribution in [0.2, 0.25) is 0 Å². The van der Waals surface area contributed by atoms with Gasteiger partial charge in [0.25, 0.3) is 0 Å². The lowest BCUT2D eigenvalue weighted by Crippen LogP contribution is -2.25. The molecule has 1 aliphatic carbocycles.